The number of rotatable bonds is 7. The van der Waals surface area contributed by atoms with Gasteiger partial charge in [0.05, 0.1) is 0 Å². The fourth-order valence-electron chi connectivity index (χ4n) is 6.98. The zero-order valence-corrected chi connectivity index (χ0v) is 34.5. The van der Waals surface area contributed by atoms with Crippen LogP contribution in [0.1, 0.15) is 63.8 Å². The Morgan fingerprint density at radius 1 is 0.276 bits per heavy atom. The number of hydrogen-bond acceptors (Lipinski definition) is 6. The summed E-state index contributed by atoms with van der Waals surface area (Å²) in [6, 6.07) is 50.3. The molecular formula is C52H48N6. The first-order valence-corrected chi connectivity index (χ1v) is 19.9. The second-order valence-corrected chi connectivity index (χ2v) is 17.2. The Morgan fingerprint density at radius 3 is 0.948 bits per heavy atom. The number of hydrogen-bond donors (Lipinski definition) is 0. The van der Waals surface area contributed by atoms with E-state index in [1.807, 2.05) is 72.8 Å². The van der Waals surface area contributed by atoms with E-state index in [9.17, 15) is 0 Å². The van der Waals surface area contributed by atoms with Crippen LogP contribution >= 0.6 is 0 Å². The van der Waals surface area contributed by atoms with E-state index in [4.69, 9.17) is 29.9 Å². The molecule has 8 aromatic rings. The van der Waals surface area contributed by atoms with Gasteiger partial charge in [-0.3, -0.25) is 0 Å². The van der Waals surface area contributed by atoms with Gasteiger partial charge < -0.3 is 0 Å². The van der Waals surface area contributed by atoms with Gasteiger partial charge in [-0.1, -0.05) is 168 Å². The van der Waals surface area contributed by atoms with Gasteiger partial charge in [0.2, 0.25) is 0 Å². The molecule has 0 N–H and O–H groups in total. The minimum absolute atomic E-state index is 0.0700. The highest BCUT2D eigenvalue weighted by Crippen LogP contribution is 2.38. The predicted octanol–water partition coefficient (Wildman–Crippen LogP) is 12.9. The summed E-state index contributed by atoms with van der Waals surface area (Å²) >= 11 is 0. The lowest BCUT2D eigenvalue weighted by Gasteiger charge is -2.26. The van der Waals surface area contributed by atoms with E-state index in [-0.39, 0.29) is 10.8 Å². The van der Waals surface area contributed by atoms with Crippen LogP contribution in [0.15, 0.2) is 146 Å². The maximum atomic E-state index is 5.20. The van der Waals surface area contributed by atoms with E-state index in [1.54, 1.807) is 0 Å². The van der Waals surface area contributed by atoms with E-state index >= 15 is 0 Å². The van der Waals surface area contributed by atoms with E-state index in [0.29, 0.717) is 34.9 Å². The summed E-state index contributed by atoms with van der Waals surface area (Å²) in [5, 5.41) is 0. The lowest BCUT2D eigenvalue weighted by molar-refractivity contribution is 0.569. The molecular weight excluding hydrogens is 709 g/mol. The molecule has 0 spiro atoms. The summed E-state index contributed by atoms with van der Waals surface area (Å²) in [4.78, 5) is 30.8. The van der Waals surface area contributed by atoms with Crippen LogP contribution < -0.4 is 0 Å². The van der Waals surface area contributed by atoms with Crippen LogP contribution in [0.4, 0.5) is 0 Å². The van der Waals surface area contributed by atoms with Crippen molar-refractivity contribution < 1.29 is 0 Å². The van der Waals surface area contributed by atoms with Crippen molar-refractivity contribution in [2.45, 2.75) is 66.2 Å². The van der Waals surface area contributed by atoms with Gasteiger partial charge in [-0.25, -0.2) is 29.9 Å². The Kier molecular flexibility index (Phi) is 10.1. The SMILES string of the molecule is Cc1cccc(-c2nc(-c3cccc(C)c3)nc(-c3cc(-c4cc(C(C)(C)C)cc(C(C)(C)C)c4)cc(-c4nc(-c5ccccc5)nc(-c5ccccc5)n4)c3)n2)c1. The molecule has 0 saturated carbocycles. The van der Waals surface area contributed by atoms with E-state index in [0.717, 1.165) is 55.6 Å². The predicted molar refractivity (Wildman–Crippen MR) is 238 cm³/mol. The third kappa shape index (κ3) is 8.37. The van der Waals surface area contributed by atoms with Crippen LogP contribution in [-0.4, -0.2) is 29.9 Å². The van der Waals surface area contributed by atoms with Crippen molar-refractivity contribution in [1.29, 1.82) is 0 Å². The number of nitrogens with zero attached hydrogens (tertiary/aromatic N) is 6. The van der Waals surface area contributed by atoms with Crippen LogP contribution in [0.2, 0.25) is 0 Å². The van der Waals surface area contributed by atoms with Crippen LogP contribution in [0, 0.1) is 13.8 Å². The molecule has 0 radical (unpaired) electrons. The Bertz CT molecular complexity index is 2610. The number of benzene rings is 6. The topological polar surface area (TPSA) is 77.3 Å². The molecule has 0 aliphatic rings. The first kappa shape index (κ1) is 38.2. The second-order valence-electron chi connectivity index (χ2n) is 17.2. The van der Waals surface area contributed by atoms with Crippen molar-refractivity contribution in [1.82, 2.24) is 29.9 Å². The number of aryl methyl sites for hydroxylation is 2. The van der Waals surface area contributed by atoms with Crippen LogP contribution in [0.25, 0.3) is 79.5 Å². The Hall–Kier alpha value is -6.66. The van der Waals surface area contributed by atoms with Crippen molar-refractivity contribution in [3.63, 3.8) is 0 Å². The van der Waals surface area contributed by atoms with Gasteiger partial charge >= 0.3 is 0 Å². The zero-order valence-electron chi connectivity index (χ0n) is 34.5. The van der Waals surface area contributed by atoms with Crippen molar-refractivity contribution in [2.24, 2.45) is 0 Å². The third-order valence-electron chi connectivity index (χ3n) is 10.3. The molecule has 2 heterocycles. The van der Waals surface area contributed by atoms with Crippen molar-refractivity contribution in [2.75, 3.05) is 0 Å². The molecule has 6 nitrogen and oxygen atoms in total. The average molecular weight is 757 g/mol. The summed E-state index contributed by atoms with van der Waals surface area (Å²) < 4.78 is 0. The van der Waals surface area contributed by atoms with E-state index < -0.39 is 0 Å². The first-order valence-electron chi connectivity index (χ1n) is 19.9. The van der Waals surface area contributed by atoms with Crippen LogP contribution in [-0.2, 0) is 10.8 Å². The maximum Gasteiger partial charge on any atom is 0.164 e. The smallest absolute Gasteiger partial charge is 0.164 e. The van der Waals surface area contributed by atoms with Crippen LogP contribution in [0.5, 0.6) is 0 Å². The zero-order chi connectivity index (χ0) is 40.6. The summed E-state index contributed by atoms with van der Waals surface area (Å²) in [6.07, 6.45) is 0. The van der Waals surface area contributed by atoms with Gasteiger partial charge in [0.25, 0.3) is 0 Å². The molecule has 6 heteroatoms. The monoisotopic (exact) mass is 756 g/mol. The van der Waals surface area contributed by atoms with Gasteiger partial charge in [0.15, 0.2) is 34.9 Å². The molecule has 0 bridgehead atoms. The lowest BCUT2D eigenvalue weighted by Crippen LogP contribution is -2.16. The van der Waals surface area contributed by atoms with E-state index in [2.05, 4.69) is 128 Å². The van der Waals surface area contributed by atoms with Gasteiger partial charge in [-0.2, -0.15) is 0 Å². The largest absolute Gasteiger partial charge is 0.208 e. The van der Waals surface area contributed by atoms with Gasteiger partial charge in [-0.15, -0.1) is 0 Å². The van der Waals surface area contributed by atoms with Crippen LogP contribution in [0.3, 0.4) is 0 Å². The second kappa shape index (κ2) is 15.4. The molecule has 0 saturated heterocycles. The standard InChI is InChI=1S/C52H48N6/c1-33-17-15-23-37(25-33)47-56-48(38-24-16-18-34(2)26-38)58-50(57-47)42-28-39(40-30-43(51(3,4)5)32-44(31-40)52(6,7)8)27-41(29-42)49-54-45(35-19-11-9-12-20-35)53-46(55-49)36-21-13-10-14-22-36/h9-32H,1-8H3. The van der Waals surface area contributed by atoms with Gasteiger partial charge in [0.1, 0.15) is 0 Å². The van der Waals surface area contributed by atoms with E-state index in [1.165, 1.54) is 11.1 Å². The fourth-order valence-corrected chi connectivity index (χ4v) is 6.98. The molecule has 2 aromatic heterocycles. The van der Waals surface area contributed by atoms with Crippen molar-refractivity contribution in [3.8, 4) is 79.5 Å². The van der Waals surface area contributed by atoms with Crippen molar-refractivity contribution >= 4 is 0 Å². The summed E-state index contributed by atoms with van der Waals surface area (Å²) in [5.74, 6) is 3.55. The van der Waals surface area contributed by atoms with Gasteiger partial charge in [-0.05, 0) is 77.3 Å². The highest BCUT2D eigenvalue weighted by Gasteiger charge is 2.23. The summed E-state index contributed by atoms with van der Waals surface area (Å²) in [6.45, 7) is 17.8. The molecule has 58 heavy (non-hydrogen) atoms. The first-order chi connectivity index (χ1) is 27.8. The molecule has 0 atom stereocenters. The average Bonchev–Trinajstić information content (AvgIpc) is 3.23. The molecule has 0 aliphatic carbocycles. The normalized spacial score (nSPS) is 11.8. The molecule has 8 rings (SSSR count). The lowest BCUT2D eigenvalue weighted by atomic mass is 9.78. The minimum Gasteiger partial charge on any atom is -0.208 e. The Morgan fingerprint density at radius 2 is 0.586 bits per heavy atom. The fraction of sp³-hybridized carbons (Fsp3) is 0.192. The minimum atomic E-state index is -0.0700. The molecule has 0 aliphatic heterocycles. The van der Waals surface area contributed by atoms with Gasteiger partial charge in [0, 0.05) is 33.4 Å². The molecule has 0 unspecified atom stereocenters. The molecule has 286 valence electrons. The summed E-state index contributed by atoms with van der Waals surface area (Å²) in [7, 11) is 0. The molecule has 0 fully saturated rings. The maximum absolute atomic E-state index is 5.20. The molecule has 6 aromatic carbocycles. The Labute approximate surface area is 342 Å². The van der Waals surface area contributed by atoms with Crippen molar-refractivity contribution in [3.05, 3.63) is 168 Å². The highest BCUT2D eigenvalue weighted by molar-refractivity contribution is 5.80. The highest BCUT2D eigenvalue weighted by atomic mass is 15.0. The molecule has 0 amide bonds. The number of aromatic nitrogens is 6. The third-order valence-corrected chi connectivity index (χ3v) is 10.3. The quantitative estimate of drug-likeness (QED) is 0.161. The Balaban J connectivity index is 1.42. The summed E-state index contributed by atoms with van der Waals surface area (Å²) in [5.41, 5.74) is 12.1.